The maximum absolute atomic E-state index is 10.5. The van der Waals surface area contributed by atoms with Crippen molar-refractivity contribution in [2.75, 3.05) is 6.61 Å². The van der Waals surface area contributed by atoms with Crippen LogP contribution >= 0.6 is 0 Å². The molecule has 2 heteroatoms. The van der Waals surface area contributed by atoms with Gasteiger partial charge in [-0.2, -0.15) is 0 Å². The van der Waals surface area contributed by atoms with Crippen LogP contribution in [0.3, 0.4) is 0 Å². The smallest absolute Gasteiger partial charge is 0.119 e. The first kappa shape index (κ1) is 13.2. The first-order chi connectivity index (χ1) is 9.84. The Morgan fingerprint density at radius 1 is 1.00 bits per heavy atom. The van der Waals surface area contributed by atoms with Crippen molar-refractivity contribution >= 4 is 0 Å². The number of para-hydroxylation sites is 1. The fourth-order valence-electron chi connectivity index (χ4n) is 2.95. The quantitative estimate of drug-likeness (QED) is 0.915. The Morgan fingerprint density at radius 2 is 1.75 bits per heavy atom. The molecule has 0 saturated heterocycles. The molecule has 3 rings (SSSR count). The van der Waals surface area contributed by atoms with E-state index in [0.29, 0.717) is 12.5 Å². The van der Waals surface area contributed by atoms with Gasteiger partial charge >= 0.3 is 0 Å². The molecule has 2 aromatic carbocycles. The first-order valence-corrected chi connectivity index (χ1v) is 7.28. The molecule has 1 N–H and O–H groups in total. The molecule has 0 bridgehead atoms. The Balaban J connectivity index is 1.57. The van der Waals surface area contributed by atoms with Gasteiger partial charge in [0.2, 0.25) is 0 Å². The second-order valence-electron chi connectivity index (χ2n) is 5.39. The van der Waals surface area contributed by atoms with Crippen molar-refractivity contribution in [3.05, 3.63) is 65.7 Å². The number of fused-ring (bicyclic) bond motifs is 1. The van der Waals surface area contributed by atoms with Crippen molar-refractivity contribution < 1.29 is 9.84 Å². The van der Waals surface area contributed by atoms with Crippen LogP contribution in [0.2, 0.25) is 0 Å². The van der Waals surface area contributed by atoms with Crippen molar-refractivity contribution in [3.8, 4) is 5.75 Å². The zero-order valence-corrected chi connectivity index (χ0v) is 11.5. The van der Waals surface area contributed by atoms with Crippen molar-refractivity contribution in [2.24, 2.45) is 5.92 Å². The van der Waals surface area contributed by atoms with Crippen LogP contribution in [-0.4, -0.2) is 11.7 Å². The predicted molar refractivity (Wildman–Crippen MR) is 79.8 cm³/mol. The summed E-state index contributed by atoms with van der Waals surface area (Å²) in [5.41, 5.74) is 2.39. The molecule has 2 nitrogen and oxygen atoms in total. The molecule has 0 radical (unpaired) electrons. The van der Waals surface area contributed by atoms with E-state index in [2.05, 4.69) is 6.07 Å². The number of hydrogen-bond acceptors (Lipinski definition) is 2. The number of aliphatic hydroxyl groups is 1. The average molecular weight is 268 g/mol. The van der Waals surface area contributed by atoms with E-state index in [9.17, 15) is 5.11 Å². The molecule has 0 spiro atoms. The summed E-state index contributed by atoms with van der Waals surface area (Å²) in [7, 11) is 0. The van der Waals surface area contributed by atoms with Gasteiger partial charge in [0, 0.05) is 0 Å². The predicted octanol–water partition coefficient (Wildman–Crippen LogP) is 3.75. The molecule has 0 saturated carbocycles. The summed E-state index contributed by atoms with van der Waals surface area (Å²) >= 11 is 0. The molecule has 0 aliphatic heterocycles. The molecule has 0 heterocycles. The molecule has 0 fully saturated rings. The maximum atomic E-state index is 10.5. The van der Waals surface area contributed by atoms with Crippen molar-refractivity contribution in [1.29, 1.82) is 0 Å². The fraction of sp³-hybridized carbons (Fsp3) is 0.333. The van der Waals surface area contributed by atoms with E-state index in [1.165, 1.54) is 5.56 Å². The second-order valence-corrected chi connectivity index (χ2v) is 5.39. The SMILES string of the molecule is OC1c2ccccc2CCC1CCOc1ccccc1. The number of benzene rings is 2. The highest BCUT2D eigenvalue weighted by molar-refractivity contribution is 5.31. The van der Waals surface area contributed by atoms with Gasteiger partial charge < -0.3 is 9.84 Å². The van der Waals surface area contributed by atoms with Crippen LogP contribution in [-0.2, 0) is 6.42 Å². The van der Waals surface area contributed by atoms with Crippen LogP contribution in [0.25, 0.3) is 0 Å². The van der Waals surface area contributed by atoms with Crippen LogP contribution in [0, 0.1) is 5.92 Å². The largest absolute Gasteiger partial charge is 0.494 e. The Kier molecular flexibility index (Phi) is 4.03. The third-order valence-electron chi connectivity index (χ3n) is 4.11. The Hall–Kier alpha value is -1.80. The van der Waals surface area contributed by atoms with Crippen molar-refractivity contribution in [1.82, 2.24) is 0 Å². The van der Waals surface area contributed by atoms with E-state index in [4.69, 9.17) is 4.74 Å². The highest BCUT2D eigenvalue weighted by Crippen LogP contribution is 2.36. The van der Waals surface area contributed by atoms with Gasteiger partial charge in [-0.3, -0.25) is 0 Å². The Morgan fingerprint density at radius 3 is 2.60 bits per heavy atom. The van der Waals surface area contributed by atoms with E-state index in [1.807, 2.05) is 48.5 Å². The van der Waals surface area contributed by atoms with Gasteiger partial charge in [0.05, 0.1) is 12.7 Å². The third kappa shape index (κ3) is 2.86. The van der Waals surface area contributed by atoms with E-state index in [0.717, 1.165) is 30.6 Å². The zero-order valence-electron chi connectivity index (χ0n) is 11.5. The summed E-state index contributed by atoms with van der Waals surface area (Å²) in [6.45, 7) is 0.661. The van der Waals surface area contributed by atoms with Gasteiger partial charge in [0.1, 0.15) is 5.75 Å². The normalized spacial score (nSPS) is 21.2. The van der Waals surface area contributed by atoms with Crippen LogP contribution in [0.4, 0.5) is 0 Å². The highest BCUT2D eigenvalue weighted by atomic mass is 16.5. The van der Waals surface area contributed by atoms with Gasteiger partial charge in [-0.1, -0.05) is 42.5 Å². The molecule has 1 aliphatic rings. The average Bonchev–Trinajstić information content (AvgIpc) is 2.51. The lowest BCUT2D eigenvalue weighted by Gasteiger charge is -2.30. The third-order valence-corrected chi connectivity index (χ3v) is 4.11. The summed E-state index contributed by atoms with van der Waals surface area (Å²) in [6, 6.07) is 18.1. The second kappa shape index (κ2) is 6.10. The summed E-state index contributed by atoms with van der Waals surface area (Å²) in [5, 5.41) is 10.5. The number of hydrogen-bond donors (Lipinski definition) is 1. The van der Waals surface area contributed by atoms with Gasteiger partial charge in [0.25, 0.3) is 0 Å². The Bertz CT molecular complexity index is 550. The highest BCUT2D eigenvalue weighted by Gasteiger charge is 2.27. The Labute approximate surface area is 120 Å². The summed E-state index contributed by atoms with van der Waals surface area (Å²) in [6.07, 6.45) is 2.64. The topological polar surface area (TPSA) is 29.5 Å². The van der Waals surface area contributed by atoms with Crippen LogP contribution in [0.15, 0.2) is 54.6 Å². The van der Waals surface area contributed by atoms with Crippen molar-refractivity contribution in [3.63, 3.8) is 0 Å². The minimum Gasteiger partial charge on any atom is -0.494 e. The van der Waals surface area contributed by atoms with Gasteiger partial charge in [-0.25, -0.2) is 0 Å². The lowest BCUT2D eigenvalue weighted by Crippen LogP contribution is -2.22. The van der Waals surface area contributed by atoms with E-state index in [1.54, 1.807) is 0 Å². The van der Waals surface area contributed by atoms with E-state index >= 15 is 0 Å². The molecule has 2 unspecified atom stereocenters. The molecule has 20 heavy (non-hydrogen) atoms. The molecular weight excluding hydrogens is 248 g/mol. The zero-order chi connectivity index (χ0) is 13.8. The van der Waals surface area contributed by atoms with Gasteiger partial charge in [-0.05, 0) is 48.4 Å². The minimum absolute atomic E-state index is 0.300. The standard InChI is InChI=1S/C18H20O2/c19-18-15(11-10-14-6-4-5-9-17(14)18)12-13-20-16-7-2-1-3-8-16/h1-9,15,18-19H,10-13H2. The summed E-state index contributed by atoms with van der Waals surface area (Å²) in [5.74, 6) is 1.20. The molecule has 0 amide bonds. The summed E-state index contributed by atoms with van der Waals surface area (Å²) in [4.78, 5) is 0. The summed E-state index contributed by atoms with van der Waals surface area (Å²) < 4.78 is 5.73. The van der Waals surface area contributed by atoms with E-state index in [-0.39, 0.29) is 6.10 Å². The van der Waals surface area contributed by atoms with Crippen LogP contribution < -0.4 is 4.74 Å². The number of ether oxygens (including phenoxy) is 1. The molecule has 2 aromatic rings. The first-order valence-electron chi connectivity index (χ1n) is 7.28. The van der Waals surface area contributed by atoms with Gasteiger partial charge in [-0.15, -0.1) is 0 Å². The van der Waals surface area contributed by atoms with E-state index < -0.39 is 0 Å². The molecule has 0 aromatic heterocycles. The lowest BCUT2D eigenvalue weighted by atomic mass is 9.80. The number of aryl methyl sites for hydroxylation is 1. The molecular formula is C18H20O2. The maximum Gasteiger partial charge on any atom is 0.119 e. The lowest BCUT2D eigenvalue weighted by molar-refractivity contribution is 0.0787. The molecule has 104 valence electrons. The van der Waals surface area contributed by atoms with Crippen LogP contribution in [0.1, 0.15) is 30.1 Å². The van der Waals surface area contributed by atoms with Gasteiger partial charge in [0.15, 0.2) is 0 Å². The van der Waals surface area contributed by atoms with Crippen LogP contribution in [0.5, 0.6) is 5.75 Å². The molecule has 2 atom stereocenters. The monoisotopic (exact) mass is 268 g/mol. The van der Waals surface area contributed by atoms with Crippen molar-refractivity contribution in [2.45, 2.75) is 25.4 Å². The minimum atomic E-state index is -0.348. The number of rotatable bonds is 4. The fourth-order valence-corrected chi connectivity index (χ4v) is 2.95. The molecule has 1 aliphatic carbocycles. The number of aliphatic hydroxyl groups excluding tert-OH is 1.